The van der Waals surface area contributed by atoms with Gasteiger partial charge in [0.2, 0.25) is 0 Å². The monoisotopic (exact) mass is 375 g/mol. The lowest BCUT2D eigenvalue weighted by Gasteiger charge is -2.26. The second-order valence-corrected chi connectivity index (χ2v) is 7.59. The van der Waals surface area contributed by atoms with Gasteiger partial charge in [-0.3, -0.25) is 0 Å². The molecule has 1 aromatic rings. The van der Waals surface area contributed by atoms with Crippen LogP contribution in [0.5, 0.6) is 11.5 Å². The number of amides is 1. The Labute approximate surface area is 162 Å². The molecule has 0 spiro atoms. The van der Waals surface area contributed by atoms with E-state index in [9.17, 15) is 15.0 Å². The average molecular weight is 376 g/mol. The molecule has 5 heteroatoms. The van der Waals surface area contributed by atoms with Crippen LogP contribution < -0.4 is 0 Å². The number of ether oxygens (including phenoxy) is 1. The molecule has 0 bridgehead atoms. The van der Waals surface area contributed by atoms with Crippen LogP contribution in [0.2, 0.25) is 0 Å². The number of nitrogens with zero attached hydrogens (tertiary/aromatic N) is 1. The number of benzene rings is 1. The first kappa shape index (κ1) is 21.1. The van der Waals surface area contributed by atoms with Gasteiger partial charge in [0, 0.05) is 24.1 Å². The molecule has 0 radical (unpaired) electrons. The summed E-state index contributed by atoms with van der Waals surface area (Å²) in [5.41, 5.74) is 3.48. The highest BCUT2D eigenvalue weighted by Gasteiger charge is 2.26. The molecule has 0 saturated carbocycles. The molecule has 0 aromatic heterocycles. The number of aryl methyl sites for hydroxylation is 1. The van der Waals surface area contributed by atoms with Gasteiger partial charge in [-0.15, -0.1) is 0 Å². The topological polar surface area (TPSA) is 70.0 Å². The van der Waals surface area contributed by atoms with Crippen LogP contribution in [0, 0.1) is 0 Å². The molecule has 0 saturated heterocycles. The van der Waals surface area contributed by atoms with Crippen molar-refractivity contribution in [3.8, 4) is 11.5 Å². The molecule has 1 aliphatic carbocycles. The van der Waals surface area contributed by atoms with Crippen molar-refractivity contribution in [3.63, 3.8) is 0 Å². The van der Waals surface area contributed by atoms with E-state index < -0.39 is 6.09 Å². The molecule has 1 aromatic carbocycles. The largest absolute Gasteiger partial charge is 0.507 e. The second kappa shape index (κ2) is 9.67. The van der Waals surface area contributed by atoms with E-state index in [2.05, 4.69) is 19.9 Å². The Kier molecular flexibility index (Phi) is 7.57. The van der Waals surface area contributed by atoms with Crippen LogP contribution in [0.1, 0.15) is 75.0 Å². The summed E-state index contributed by atoms with van der Waals surface area (Å²) in [5.74, 6) is 0.276. The fraction of sp³-hybridized carbons (Fsp3) is 0.591. The Balaban J connectivity index is 2.45. The minimum atomic E-state index is -0.447. The third-order valence-electron chi connectivity index (χ3n) is 5.39. The molecule has 1 aliphatic rings. The number of phenolic OH excluding ortho intramolecular Hbond substituents is 2. The van der Waals surface area contributed by atoms with Gasteiger partial charge in [0.05, 0.1) is 13.7 Å². The molecule has 5 nitrogen and oxygen atoms in total. The molecule has 2 rings (SSSR count). The predicted octanol–water partition coefficient (Wildman–Crippen LogP) is 5.24. The van der Waals surface area contributed by atoms with Gasteiger partial charge in [-0.1, -0.05) is 31.4 Å². The molecule has 0 aliphatic heterocycles. The third-order valence-corrected chi connectivity index (χ3v) is 5.39. The summed E-state index contributed by atoms with van der Waals surface area (Å²) in [6.07, 6.45) is 8.62. The zero-order chi connectivity index (χ0) is 20.0. The summed E-state index contributed by atoms with van der Waals surface area (Å²) < 4.78 is 4.79. The highest BCUT2D eigenvalue weighted by Crippen LogP contribution is 2.44. The van der Waals surface area contributed by atoms with E-state index in [1.54, 1.807) is 13.1 Å². The smallest absolute Gasteiger partial charge is 0.409 e. The van der Waals surface area contributed by atoms with E-state index in [1.165, 1.54) is 17.6 Å². The molecule has 150 valence electrons. The maximum atomic E-state index is 11.9. The number of phenols is 2. The van der Waals surface area contributed by atoms with Crippen LogP contribution >= 0.6 is 0 Å². The van der Waals surface area contributed by atoms with Gasteiger partial charge < -0.3 is 19.8 Å². The highest BCUT2D eigenvalue weighted by molar-refractivity contribution is 5.67. The summed E-state index contributed by atoms with van der Waals surface area (Å²) in [4.78, 5) is 13.3. The summed E-state index contributed by atoms with van der Waals surface area (Å²) in [5, 5.41) is 21.8. The van der Waals surface area contributed by atoms with Crippen molar-refractivity contribution in [2.75, 3.05) is 14.2 Å². The SMILES string of the molecule is CCCCCc1cc(O)c(C2C=C(C)CCC2)c(O)c1CN(C)C(=O)OC. The van der Waals surface area contributed by atoms with E-state index in [1.807, 2.05) is 0 Å². The minimum absolute atomic E-state index is 0.00521. The van der Waals surface area contributed by atoms with E-state index in [4.69, 9.17) is 4.74 Å². The Bertz CT molecular complexity index is 696. The van der Waals surface area contributed by atoms with Gasteiger partial charge in [0.1, 0.15) is 11.5 Å². The van der Waals surface area contributed by atoms with Crippen molar-refractivity contribution in [1.29, 1.82) is 0 Å². The number of hydrogen-bond donors (Lipinski definition) is 2. The molecule has 27 heavy (non-hydrogen) atoms. The van der Waals surface area contributed by atoms with Gasteiger partial charge in [0.15, 0.2) is 0 Å². The molecule has 1 amide bonds. The van der Waals surface area contributed by atoms with Crippen LogP contribution in [0.25, 0.3) is 0 Å². The fourth-order valence-corrected chi connectivity index (χ4v) is 3.89. The zero-order valence-corrected chi connectivity index (χ0v) is 17.0. The van der Waals surface area contributed by atoms with Gasteiger partial charge >= 0.3 is 6.09 Å². The number of hydrogen-bond acceptors (Lipinski definition) is 4. The Hall–Kier alpha value is -2.17. The van der Waals surface area contributed by atoms with E-state index in [0.717, 1.165) is 50.5 Å². The maximum Gasteiger partial charge on any atom is 0.409 e. The molecule has 0 fully saturated rings. The second-order valence-electron chi connectivity index (χ2n) is 7.59. The van der Waals surface area contributed by atoms with E-state index in [-0.39, 0.29) is 24.0 Å². The standard InChI is InChI=1S/C22H33NO4/c1-5-6-7-10-16-13-19(24)20(17-11-8-9-15(2)12-17)21(25)18(16)14-23(3)22(26)27-4/h12-13,17,24-25H,5-11,14H2,1-4H3. The number of carbonyl (C=O) groups is 1. The molecular formula is C22H33NO4. The van der Waals surface area contributed by atoms with E-state index >= 15 is 0 Å². The number of unbranched alkanes of at least 4 members (excludes halogenated alkanes) is 2. The van der Waals surface area contributed by atoms with Crippen molar-refractivity contribution >= 4 is 6.09 Å². The van der Waals surface area contributed by atoms with Crippen LogP contribution in [-0.4, -0.2) is 35.4 Å². The van der Waals surface area contributed by atoms with Crippen molar-refractivity contribution in [2.24, 2.45) is 0 Å². The lowest BCUT2D eigenvalue weighted by molar-refractivity contribution is 0.131. The van der Waals surface area contributed by atoms with E-state index in [0.29, 0.717) is 11.1 Å². The minimum Gasteiger partial charge on any atom is -0.507 e. The van der Waals surface area contributed by atoms with Gasteiger partial charge in [-0.2, -0.15) is 0 Å². The fourth-order valence-electron chi connectivity index (χ4n) is 3.89. The lowest BCUT2D eigenvalue weighted by atomic mass is 9.83. The summed E-state index contributed by atoms with van der Waals surface area (Å²) in [6.45, 7) is 4.48. The summed E-state index contributed by atoms with van der Waals surface area (Å²) >= 11 is 0. The normalized spacial score (nSPS) is 16.7. The zero-order valence-electron chi connectivity index (χ0n) is 17.0. The first-order valence-corrected chi connectivity index (χ1v) is 9.91. The summed E-state index contributed by atoms with van der Waals surface area (Å²) in [7, 11) is 3.00. The average Bonchev–Trinajstić information content (AvgIpc) is 2.64. The van der Waals surface area contributed by atoms with Gasteiger partial charge in [0.25, 0.3) is 0 Å². The Morgan fingerprint density at radius 2 is 2.07 bits per heavy atom. The number of rotatable bonds is 7. The highest BCUT2D eigenvalue weighted by atomic mass is 16.5. The maximum absolute atomic E-state index is 11.9. The van der Waals surface area contributed by atoms with Crippen molar-refractivity contribution < 1.29 is 19.7 Å². The molecular weight excluding hydrogens is 342 g/mol. The number of allylic oxidation sites excluding steroid dienone is 2. The number of carbonyl (C=O) groups excluding carboxylic acids is 1. The first-order valence-electron chi connectivity index (χ1n) is 9.91. The molecule has 0 heterocycles. The quantitative estimate of drug-likeness (QED) is 0.505. The number of aromatic hydroxyl groups is 2. The van der Waals surface area contributed by atoms with Gasteiger partial charge in [-0.25, -0.2) is 4.79 Å². The molecule has 2 N–H and O–H groups in total. The van der Waals surface area contributed by atoms with Crippen LogP contribution in [0.3, 0.4) is 0 Å². The molecule has 1 atom stereocenters. The summed E-state index contributed by atoms with van der Waals surface area (Å²) in [6, 6.07) is 1.78. The van der Waals surface area contributed by atoms with Crippen molar-refractivity contribution in [3.05, 3.63) is 34.4 Å². The molecule has 1 unspecified atom stereocenters. The van der Waals surface area contributed by atoms with Crippen LogP contribution in [0.15, 0.2) is 17.7 Å². The third kappa shape index (κ3) is 5.18. The first-order chi connectivity index (χ1) is 12.9. The van der Waals surface area contributed by atoms with Crippen molar-refractivity contribution in [1.82, 2.24) is 4.90 Å². The Morgan fingerprint density at radius 1 is 1.33 bits per heavy atom. The predicted molar refractivity (Wildman–Crippen MR) is 107 cm³/mol. The Morgan fingerprint density at radius 3 is 2.70 bits per heavy atom. The van der Waals surface area contributed by atoms with Crippen LogP contribution in [-0.2, 0) is 17.7 Å². The number of methoxy groups -OCH3 is 1. The lowest BCUT2D eigenvalue weighted by Crippen LogP contribution is -2.26. The van der Waals surface area contributed by atoms with Crippen molar-refractivity contribution in [2.45, 2.75) is 71.3 Å². The van der Waals surface area contributed by atoms with Crippen LogP contribution in [0.4, 0.5) is 4.79 Å². The van der Waals surface area contributed by atoms with Gasteiger partial charge in [-0.05, 0) is 50.7 Å².